The van der Waals surface area contributed by atoms with Crippen molar-refractivity contribution in [3.63, 3.8) is 0 Å². The van der Waals surface area contributed by atoms with Crippen molar-refractivity contribution < 1.29 is 14.6 Å². The molecule has 0 unspecified atom stereocenters. The van der Waals surface area contributed by atoms with E-state index in [1.807, 2.05) is 36.4 Å². The Labute approximate surface area is 135 Å². The van der Waals surface area contributed by atoms with E-state index < -0.39 is 5.60 Å². The summed E-state index contributed by atoms with van der Waals surface area (Å²) >= 11 is 0. The summed E-state index contributed by atoms with van der Waals surface area (Å²) in [7, 11) is 1.63. The zero-order valence-corrected chi connectivity index (χ0v) is 13.5. The van der Waals surface area contributed by atoms with Crippen LogP contribution in [0.5, 0.6) is 5.75 Å². The Kier molecular flexibility index (Phi) is 4.13. The van der Waals surface area contributed by atoms with Gasteiger partial charge in [-0.15, -0.1) is 0 Å². The minimum atomic E-state index is -0.783. The maximum absolute atomic E-state index is 12.3. The third kappa shape index (κ3) is 3.24. The van der Waals surface area contributed by atoms with Crippen molar-refractivity contribution in [1.29, 1.82) is 0 Å². The Bertz CT molecular complexity index is 727. The van der Waals surface area contributed by atoms with Crippen LogP contribution in [0.4, 0.5) is 4.79 Å². The number of nitrogens with zero attached hydrogens (tertiary/aromatic N) is 1. The standard InChI is InChI=1S/C18H22N2O3/c1-18(22)9-10-20(12-18)17(21)19-11-15-14-6-4-3-5-13(14)7-8-16(15)23-2/h3-8,22H,9-12H2,1-2H3,(H,19,21)/t18-/m1/s1. The Morgan fingerprint density at radius 3 is 2.83 bits per heavy atom. The van der Waals surface area contributed by atoms with Crippen LogP contribution in [0.1, 0.15) is 18.9 Å². The van der Waals surface area contributed by atoms with Crippen molar-refractivity contribution >= 4 is 16.8 Å². The number of urea groups is 1. The SMILES string of the molecule is COc1ccc2ccccc2c1CNC(=O)N1CC[C@@](C)(O)C1. The lowest BCUT2D eigenvalue weighted by molar-refractivity contribution is 0.0719. The molecule has 0 spiro atoms. The molecule has 0 aliphatic carbocycles. The fourth-order valence-corrected chi connectivity index (χ4v) is 3.08. The van der Waals surface area contributed by atoms with Gasteiger partial charge in [-0.3, -0.25) is 0 Å². The molecule has 2 aromatic carbocycles. The molecule has 5 nitrogen and oxygen atoms in total. The molecule has 23 heavy (non-hydrogen) atoms. The molecule has 122 valence electrons. The number of methoxy groups -OCH3 is 1. The predicted molar refractivity (Wildman–Crippen MR) is 89.5 cm³/mol. The van der Waals surface area contributed by atoms with E-state index in [1.165, 1.54) is 0 Å². The van der Waals surface area contributed by atoms with Gasteiger partial charge >= 0.3 is 6.03 Å². The van der Waals surface area contributed by atoms with Crippen molar-refractivity contribution in [2.45, 2.75) is 25.5 Å². The van der Waals surface area contributed by atoms with E-state index in [4.69, 9.17) is 4.74 Å². The van der Waals surface area contributed by atoms with Gasteiger partial charge in [0.25, 0.3) is 0 Å². The van der Waals surface area contributed by atoms with Crippen LogP contribution in [0.2, 0.25) is 0 Å². The maximum Gasteiger partial charge on any atom is 0.317 e. The molecule has 0 bridgehead atoms. The van der Waals surface area contributed by atoms with Crippen molar-refractivity contribution in [3.05, 3.63) is 42.0 Å². The molecule has 5 heteroatoms. The average Bonchev–Trinajstić information content (AvgIpc) is 2.92. The summed E-state index contributed by atoms with van der Waals surface area (Å²) < 4.78 is 5.44. The van der Waals surface area contributed by atoms with Crippen molar-refractivity contribution in [3.8, 4) is 5.75 Å². The first-order valence-electron chi connectivity index (χ1n) is 7.80. The number of hydrogen-bond donors (Lipinski definition) is 2. The van der Waals surface area contributed by atoms with E-state index in [9.17, 15) is 9.90 Å². The van der Waals surface area contributed by atoms with E-state index >= 15 is 0 Å². The number of nitrogens with one attached hydrogen (secondary N) is 1. The maximum atomic E-state index is 12.3. The van der Waals surface area contributed by atoms with Gasteiger partial charge in [-0.05, 0) is 30.2 Å². The summed E-state index contributed by atoms with van der Waals surface area (Å²) in [6, 6.07) is 11.8. The van der Waals surface area contributed by atoms with Crippen LogP contribution in [0.15, 0.2) is 36.4 Å². The lowest BCUT2D eigenvalue weighted by Crippen LogP contribution is -2.40. The largest absolute Gasteiger partial charge is 0.496 e. The highest BCUT2D eigenvalue weighted by molar-refractivity contribution is 5.88. The van der Waals surface area contributed by atoms with Gasteiger partial charge in [0.15, 0.2) is 0 Å². The number of amides is 2. The molecule has 2 amide bonds. The zero-order valence-electron chi connectivity index (χ0n) is 13.5. The fourth-order valence-electron chi connectivity index (χ4n) is 3.08. The number of carbonyl (C=O) groups is 1. The molecule has 0 aromatic heterocycles. The number of rotatable bonds is 3. The normalized spacial score (nSPS) is 20.7. The fraction of sp³-hybridized carbons (Fsp3) is 0.389. The third-order valence-electron chi connectivity index (χ3n) is 4.37. The van der Waals surface area contributed by atoms with Crippen LogP contribution in [0.25, 0.3) is 10.8 Å². The number of β-amino-alcohol motifs (C(OH)–C–C–N with tert-alkyl or cyclic N) is 1. The number of likely N-dealkylation sites (tertiary alicyclic amines) is 1. The molecule has 0 radical (unpaired) electrons. The van der Waals surface area contributed by atoms with Gasteiger partial charge in [0.1, 0.15) is 5.75 Å². The van der Waals surface area contributed by atoms with E-state index in [0.29, 0.717) is 26.1 Å². The highest BCUT2D eigenvalue weighted by Crippen LogP contribution is 2.28. The minimum absolute atomic E-state index is 0.155. The number of fused-ring (bicyclic) bond motifs is 1. The van der Waals surface area contributed by atoms with Gasteiger partial charge in [-0.2, -0.15) is 0 Å². The minimum Gasteiger partial charge on any atom is -0.496 e. The second-order valence-corrected chi connectivity index (χ2v) is 6.29. The molecule has 1 heterocycles. The van der Waals surface area contributed by atoms with E-state index in [0.717, 1.165) is 22.1 Å². The van der Waals surface area contributed by atoms with Gasteiger partial charge in [0.05, 0.1) is 19.3 Å². The van der Waals surface area contributed by atoms with Gasteiger partial charge < -0.3 is 20.1 Å². The Hall–Kier alpha value is -2.27. The summed E-state index contributed by atoms with van der Waals surface area (Å²) in [6.07, 6.45) is 0.609. The highest BCUT2D eigenvalue weighted by atomic mass is 16.5. The van der Waals surface area contributed by atoms with Crippen LogP contribution in [-0.2, 0) is 6.54 Å². The van der Waals surface area contributed by atoms with Gasteiger partial charge in [-0.1, -0.05) is 30.3 Å². The second-order valence-electron chi connectivity index (χ2n) is 6.29. The third-order valence-corrected chi connectivity index (χ3v) is 4.37. The molecule has 1 saturated heterocycles. The number of ether oxygens (including phenoxy) is 1. The van der Waals surface area contributed by atoms with E-state index in [2.05, 4.69) is 5.32 Å². The molecule has 1 atom stereocenters. The Balaban J connectivity index is 1.78. The highest BCUT2D eigenvalue weighted by Gasteiger charge is 2.33. The van der Waals surface area contributed by atoms with Crippen molar-refractivity contribution in [1.82, 2.24) is 10.2 Å². The Morgan fingerprint density at radius 1 is 1.35 bits per heavy atom. The first kappa shape index (κ1) is 15.6. The molecule has 3 rings (SSSR count). The van der Waals surface area contributed by atoms with Crippen LogP contribution in [0.3, 0.4) is 0 Å². The zero-order chi connectivity index (χ0) is 16.4. The lowest BCUT2D eigenvalue weighted by Gasteiger charge is -2.20. The molecule has 1 aliphatic heterocycles. The van der Waals surface area contributed by atoms with Crippen LogP contribution in [0, 0.1) is 0 Å². The molecule has 2 N–H and O–H groups in total. The number of aliphatic hydroxyl groups is 1. The summed E-state index contributed by atoms with van der Waals surface area (Å²) in [5.74, 6) is 0.761. The number of hydrogen-bond acceptors (Lipinski definition) is 3. The average molecular weight is 314 g/mol. The molecule has 1 fully saturated rings. The summed E-state index contributed by atoms with van der Waals surface area (Å²) in [6.45, 7) is 3.09. The second kappa shape index (κ2) is 6.08. The van der Waals surface area contributed by atoms with Gasteiger partial charge in [0, 0.05) is 18.7 Å². The molecule has 0 saturated carbocycles. The quantitative estimate of drug-likeness (QED) is 0.915. The van der Waals surface area contributed by atoms with Crippen LogP contribution < -0.4 is 10.1 Å². The monoisotopic (exact) mass is 314 g/mol. The van der Waals surface area contributed by atoms with Crippen LogP contribution >= 0.6 is 0 Å². The summed E-state index contributed by atoms with van der Waals surface area (Å²) in [4.78, 5) is 14.0. The molecular weight excluding hydrogens is 292 g/mol. The topological polar surface area (TPSA) is 61.8 Å². The number of benzene rings is 2. The lowest BCUT2D eigenvalue weighted by atomic mass is 10.0. The first-order valence-corrected chi connectivity index (χ1v) is 7.80. The number of carbonyl (C=O) groups excluding carboxylic acids is 1. The van der Waals surface area contributed by atoms with E-state index in [-0.39, 0.29) is 6.03 Å². The van der Waals surface area contributed by atoms with Gasteiger partial charge in [-0.25, -0.2) is 4.79 Å². The Morgan fingerprint density at radius 2 is 2.13 bits per heavy atom. The van der Waals surface area contributed by atoms with Crippen molar-refractivity contribution in [2.75, 3.05) is 20.2 Å². The first-order chi connectivity index (χ1) is 11.0. The van der Waals surface area contributed by atoms with Crippen molar-refractivity contribution in [2.24, 2.45) is 0 Å². The summed E-state index contributed by atoms with van der Waals surface area (Å²) in [5.41, 5.74) is 0.180. The molecular formula is C18H22N2O3. The van der Waals surface area contributed by atoms with Gasteiger partial charge in [0.2, 0.25) is 0 Å². The molecule has 1 aliphatic rings. The predicted octanol–water partition coefficient (Wildman–Crippen LogP) is 2.51. The molecule has 2 aromatic rings. The van der Waals surface area contributed by atoms with Crippen LogP contribution in [-0.4, -0.2) is 41.8 Å². The smallest absolute Gasteiger partial charge is 0.317 e. The van der Waals surface area contributed by atoms with E-state index in [1.54, 1.807) is 18.9 Å². The summed E-state index contributed by atoms with van der Waals surface area (Å²) in [5, 5.41) is 15.1.